The molecule has 1 amide bonds. The van der Waals surface area contributed by atoms with E-state index in [0.29, 0.717) is 6.54 Å². The Hall–Kier alpha value is -2.41. The maximum Gasteiger partial charge on any atom is 0.237 e. The lowest BCUT2D eigenvalue weighted by atomic mass is 9.57. The smallest absolute Gasteiger partial charge is 0.237 e. The van der Waals surface area contributed by atoms with Gasteiger partial charge in [0, 0.05) is 18.5 Å². The highest BCUT2D eigenvalue weighted by molar-refractivity contribution is 6.06. The molecule has 0 unspecified atom stereocenters. The molecule has 124 valence electrons. The quantitative estimate of drug-likeness (QED) is 0.841. The summed E-state index contributed by atoms with van der Waals surface area (Å²) in [6.07, 6.45) is 2.41. The van der Waals surface area contributed by atoms with E-state index in [1.54, 1.807) is 6.08 Å². The van der Waals surface area contributed by atoms with E-state index < -0.39 is 5.41 Å². The summed E-state index contributed by atoms with van der Waals surface area (Å²) in [6.45, 7) is 6.52. The maximum atomic E-state index is 13.5. The van der Waals surface area contributed by atoms with E-state index in [1.807, 2.05) is 62.1 Å². The van der Waals surface area contributed by atoms with Crippen LogP contribution in [0.25, 0.3) is 0 Å². The maximum absolute atomic E-state index is 13.5. The number of carbonyl (C=O) groups excluding carboxylic acids is 2. The molecule has 1 heterocycles. The van der Waals surface area contributed by atoms with Crippen molar-refractivity contribution in [3.05, 3.63) is 47.5 Å². The van der Waals surface area contributed by atoms with E-state index in [4.69, 9.17) is 0 Å². The summed E-state index contributed by atoms with van der Waals surface area (Å²) in [5.74, 6) is -0.568. The largest absolute Gasteiger partial charge is 0.339 e. The van der Waals surface area contributed by atoms with Gasteiger partial charge in [0.15, 0.2) is 5.78 Å². The van der Waals surface area contributed by atoms with Gasteiger partial charge in [-0.15, -0.1) is 0 Å². The average molecular weight is 322 g/mol. The fourth-order valence-corrected chi connectivity index (χ4v) is 4.26. The summed E-state index contributed by atoms with van der Waals surface area (Å²) in [5.41, 5.74) is 0.0707. The lowest BCUT2D eigenvalue weighted by molar-refractivity contribution is -0.146. The second kappa shape index (κ2) is 5.90. The Kier molecular flexibility index (Phi) is 4.04. The van der Waals surface area contributed by atoms with Crippen LogP contribution in [0.15, 0.2) is 42.0 Å². The standard InChI is InChI=1S/C20H22N2O2/c1-13(2)22-10-9-17-14(3)18(23)15(12-21)11-20(17,19(22)24)16-7-5-4-6-8-16/h4-8,11,13-14,17H,9-10H2,1-3H3/t14-,17-,20+/m0/s1. The van der Waals surface area contributed by atoms with Crippen molar-refractivity contribution in [3.63, 3.8) is 0 Å². The van der Waals surface area contributed by atoms with Crippen molar-refractivity contribution in [2.24, 2.45) is 11.8 Å². The third kappa shape index (κ3) is 2.19. The number of nitrogens with zero attached hydrogens (tertiary/aromatic N) is 2. The van der Waals surface area contributed by atoms with Crippen LogP contribution >= 0.6 is 0 Å². The minimum atomic E-state index is -0.915. The number of carbonyl (C=O) groups is 2. The van der Waals surface area contributed by atoms with Crippen molar-refractivity contribution < 1.29 is 9.59 Å². The zero-order chi connectivity index (χ0) is 17.5. The van der Waals surface area contributed by atoms with Gasteiger partial charge in [-0.3, -0.25) is 9.59 Å². The van der Waals surface area contributed by atoms with Crippen molar-refractivity contribution in [2.75, 3.05) is 6.54 Å². The van der Waals surface area contributed by atoms with Gasteiger partial charge in [-0.05, 0) is 37.8 Å². The number of Topliss-reactive ketones (excluding diaryl/α,β-unsaturated/α-hetero) is 1. The zero-order valence-corrected chi connectivity index (χ0v) is 14.3. The molecule has 3 rings (SSSR count). The molecule has 3 atom stereocenters. The monoisotopic (exact) mass is 322 g/mol. The molecule has 1 aliphatic carbocycles. The highest BCUT2D eigenvalue weighted by atomic mass is 16.2. The molecule has 0 N–H and O–H groups in total. The average Bonchev–Trinajstić information content (AvgIpc) is 2.59. The van der Waals surface area contributed by atoms with Gasteiger partial charge in [0.2, 0.25) is 5.91 Å². The first-order valence-corrected chi connectivity index (χ1v) is 8.47. The summed E-state index contributed by atoms with van der Waals surface area (Å²) in [5, 5.41) is 9.43. The topological polar surface area (TPSA) is 61.2 Å². The number of nitriles is 1. The van der Waals surface area contributed by atoms with Gasteiger partial charge < -0.3 is 4.90 Å². The van der Waals surface area contributed by atoms with Crippen LogP contribution in [-0.4, -0.2) is 29.2 Å². The highest BCUT2D eigenvalue weighted by Crippen LogP contribution is 2.49. The minimum absolute atomic E-state index is 0.00653. The summed E-state index contributed by atoms with van der Waals surface area (Å²) in [7, 11) is 0. The molecular formula is C20H22N2O2. The third-order valence-electron chi connectivity index (χ3n) is 5.53. The second-order valence-corrected chi connectivity index (χ2v) is 7.05. The highest BCUT2D eigenvalue weighted by Gasteiger charge is 2.56. The number of piperidine rings is 1. The first kappa shape index (κ1) is 16.4. The Balaban J connectivity index is 2.28. The molecule has 24 heavy (non-hydrogen) atoms. The van der Waals surface area contributed by atoms with Crippen LogP contribution in [0.3, 0.4) is 0 Å². The van der Waals surface area contributed by atoms with E-state index in [0.717, 1.165) is 12.0 Å². The number of ketones is 1. The fourth-order valence-electron chi connectivity index (χ4n) is 4.26. The molecule has 0 saturated carbocycles. The number of fused-ring (bicyclic) bond motifs is 1. The van der Waals surface area contributed by atoms with Crippen molar-refractivity contribution >= 4 is 11.7 Å². The van der Waals surface area contributed by atoms with E-state index in [-0.39, 0.29) is 35.1 Å². The Bertz CT molecular complexity index is 745. The lowest BCUT2D eigenvalue weighted by Crippen LogP contribution is -2.61. The number of amides is 1. The molecule has 0 aromatic heterocycles. The summed E-state index contributed by atoms with van der Waals surface area (Å²) in [4.78, 5) is 27.9. The van der Waals surface area contributed by atoms with E-state index in [2.05, 4.69) is 0 Å². The van der Waals surface area contributed by atoms with Crippen LogP contribution in [0.5, 0.6) is 0 Å². The number of allylic oxidation sites excluding steroid dienone is 1. The molecule has 4 heteroatoms. The van der Waals surface area contributed by atoms with Gasteiger partial charge in [-0.2, -0.15) is 5.26 Å². The van der Waals surface area contributed by atoms with Gasteiger partial charge in [0.25, 0.3) is 0 Å². The van der Waals surface area contributed by atoms with Crippen molar-refractivity contribution in [2.45, 2.75) is 38.6 Å². The van der Waals surface area contributed by atoms with E-state index in [9.17, 15) is 14.9 Å². The normalized spacial score (nSPS) is 30.0. The molecule has 2 aliphatic rings. The molecule has 1 saturated heterocycles. The lowest BCUT2D eigenvalue weighted by Gasteiger charge is -2.50. The van der Waals surface area contributed by atoms with Gasteiger partial charge in [-0.25, -0.2) is 0 Å². The van der Waals surface area contributed by atoms with E-state index >= 15 is 0 Å². The predicted octanol–water partition coefficient (Wildman–Crippen LogP) is 2.85. The van der Waals surface area contributed by atoms with Crippen molar-refractivity contribution in [3.8, 4) is 6.07 Å². The molecule has 4 nitrogen and oxygen atoms in total. The van der Waals surface area contributed by atoms with Crippen molar-refractivity contribution in [1.29, 1.82) is 5.26 Å². The predicted molar refractivity (Wildman–Crippen MR) is 90.9 cm³/mol. The number of rotatable bonds is 2. The van der Waals surface area contributed by atoms with Crippen LogP contribution in [0.1, 0.15) is 32.8 Å². The Morgan fingerprint density at radius 2 is 1.92 bits per heavy atom. The summed E-state index contributed by atoms with van der Waals surface area (Å²) < 4.78 is 0. The molecule has 0 bridgehead atoms. The first-order valence-electron chi connectivity index (χ1n) is 8.47. The SMILES string of the molecule is CC(C)N1CC[C@H]2[C@H](C)C(=O)C(C#N)=C[C@]2(c2ccccc2)C1=O. The van der Waals surface area contributed by atoms with Gasteiger partial charge in [0.1, 0.15) is 6.07 Å². The summed E-state index contributed by atoms with van der Waals surface area (Å²) >= 11 is 0. The van der Waals surface area contributed by atoms with Crippen LogP contribution in [0.2, 0.25) is 0 Å². The molecule has 0 spiro atoms. The van der Waals surface area contributed by atoms with Gasteiger partial charge in [0.05, 0.1) is 11.0 Å². The number of hydrogen-bond donors (Lipinski definition) is 0. The molecule has 1 aliphatic heterocycles. The fraction of sp³-hybridized carbons (Fsp3) is 0.450. The Labute approximate surface area is 142 Å². The molecule has 1 aromatic carbocycles. The van der Waals surface area contributed by atoms with E-state index in [1.165, 1.54) is 0 Å². The van der Waals surface area contributed by atoms with Crippen molar-refractivity contribution in [1.82, 2.24) is 4.90 Å². The Morgan fingerprint density at radius 3 is 2.50 bits per heavy atom. The molecule has 0 radical (unpaired) electrons. The Morgan fingerprint density at radius 1 is 1.25 bits per heavy atom. The number of benzene rings is 1. The number of hydrogen-bond acceptors (Lipinski definition) is 3. The first-order chi connectivity index (χ1) is 11.4. The van der Waals surface area contributed by atoms with Crippen LogP contribution in [0.4, 0.5) is 0 Å². The zero-order valence-electron chi connectivity index (χ0n) is 14.3. The van der Waals surface area contributed by atoms with Crippen LogP contribution < -0.4 is 0 Å². The number of likely N-dealkylation sites (tertiary alicyclic amines) is 1. The molecule has 1 fully saturated rings. The third-order valence-corrected chi connectivity index (χ3v) is 5.53. The van der Waals surface area contributed by atoms with Gasteiger partial charge >= 0.3 is 0 Å². The minimum Gasteiger partial charge on any atom is -0.339 e. The second-order valence-electron chi connectivity index (χ2n) is 7.05. The summed E-state index contributed by atoms with van der Waals surface area (Å²) in [6, 6.07) is 11.7. The molecular weight excluding hydrogens is 300 g/mol. The molecule has 1 aromatic rings. The van der Waals surface area contributed by atoms with Crippen LogP contribution in [-0.2, 0) is 15.0 Å². The van der Waals surface area contributed by atoms with Gasteiger partial charge in [-0.1, -0.05) is 37.3 Å². The van der Waals surface area contributed by atoms with Crippen LogP contribution in [0, 0.1) is 23.2 Å².